The summed E-state index contributed by atoms with van der Waals surface area (Å²) in [4.78, 5) is 10.9. The number of hydrogen-bond donors (Lipinski definition) is 0. The normalized spacial score (nSPS) is 38.1. The van der Waals surface area contributed by atoms with E-state index in [1.54, 1.807) is 0 Å². The summed E-state index contributed by atoms with van der Waals surface area (Å²) in [6.45, 7) is 7.22. The third-order valence-electron chi connectivity index (χ3n) is 3.11. The minimum atomic E-state index is -0.278. The Morgan fingerprint density at radius 3 is 2.33 bits per heavy atom. The summed E-state index contributed by atoms with van der Waals surface area (Å²) in [6, 6.07) is -0.278. The standard InChI is InChI=1S/C11H21NO3/c1-4-5-10-8(2)14-6-7-15-9(3)11(10)12-13/h8-11H,4-7H2,1-3H3. The Bertz CT molecular complexity index is 198. The molecule has 1 fully saturated rings. The zero-order chi connectivity index (χ0) is 11.3. The van der Waals surface area contributed by atoms with Crippen LogP contribution < -0.4 is 0 Å². The van der Waals surface area contributed by atoms with Crippen molar-refractivity contribution in [2.24, 2.45) is 11.1 Å². The summed E-state index contributed by atoms with van der Waals surface area (Å²) in [5.41, 5.74) is 0. The Morgan fingerprint density at radius 2 is 1.80 bits per heavy atom. The number of nitrogens with zero attached hydrogens (tertiary/aromatic N) is 1. The van der Waals surface area contributed by atoms with Crippen LogP contribution in [0.3, 0.4) is 0 Å². The molecule has 1 aliphatic rings. The second kappa shape index (κ2) is 6.18. The number of ether oxygens (including phenoxy) is 2. The van der Waals surface area contributed by atoms with Crippen molar-refractivity contribution in [2.75, 3.05) is 13.2 Å². The summed E-state index contributed by atoms with van der Waals surface area (Å²) in [5.74, 6) is 0.183. The Balaban J connectivity index is 2.73. The maximum absolute atomic E-state index is 10.9. The molecule has 0 aromatic rings. The van der Waals surface area contributed by atoms with E-state index in [1.165, 1.54) is 0 Å². The van der Waals surface area contributed by atoms with Gasteiger partial charge < -0.3 is 9.47 Å². The van der Waals surface area contributed by atoms with Crippen LogP contribution in [0.5, 0.6) is 0 Å². The van der Waals surface area contributed by atoms with E-state index in [-0.39, 0.29) is 24.2 Å². The molecule has 1 aliphatic heterocycles. The average Bonchev–Trinajstić information content (AvgIpc) is 2.22. The molecule has 0 radical (unpaired) electrons. The molecule has 1 saturated heterocycles. The quantitative estimate of drug-likeness (QED) is 0.679. The third-order valence-corrected chi connectivity index (χ3v) is 3.11. The van der Waals surface area contributed by atoms with Crippen molar-refractivity contribution in [1.29, 1.82) is 0 Å². The van der Waals surface area contributed by atoms with Crippen LogP contribution in [0.4, 0.5) is 0 Å². The van der Waals surface area contributed by atoms with Crippen LogP contribution in [0.15, 0.2) is 5.18 Å². The zero-order valence-electron chi connectivity index (χ0n) is 9.81. The molecular formula is C11H21NO3. The van der Waals surface area contributed by atoms with Crippen molar-refractivity contribution in [1.82, 2.24) is 0 Å². The Labute approximate surface area is 91.3 Å². The van der Waals surface area contributed by atoms with E-state index in [2.05, 4.69) is 12.1 Å². The van der Waals surface area contributed by atoms with Crippen LogP contribution in [-0.4, -0.2) is 31.5 Å². The third kappa shape index (κ3) is 3.24. The maximum atomic E-state index is 10.9. The number of nitroso groups, excluding NO2 is 1. The van der Waals surface area contributed by atoms with Crippen LogP contribution in [0.1, 0.15) is 33.6 Å². The van der Waals surface area contributed by atoms with Crippen LogP contribution in [0, 0.1) is 10.8 Å². The fourth-order valence-electron chi connectivity index (χ4n) is 2.22. The van der Waals surface area contributed by atoms with Crippen molar-refractivity contribution in [3.8, 4) is 0 Å². The molecule has 0 aromatic heterocycles. The van der Waals surface area contributed by atoms with E-state index < -0.39 is 0 Å². The van der Waals surface area contributed by atoms with E-state index in [0.717, 1.165) is 12.8 Å². The lowest BCUT2D eigenvalue weighted by molar-refractivity contribution is -0.0830. The summed E-state index contributed by atoms with van der Waals surface area (Å²) in [6.07, 6.45) is 2.01. The van der Waals surface area contributed by atoms with E-state index in [0.29, 0.717) is 13.2 Å². The molecule has 1 rings (SSSR count). The zero-order valence-corrected chi connectivity index (χ0v) is 9.81. The lowest BCUT2D eigenvalue weighted by Crippen LogP contribution is -2.41. The molecule has 0 aliphatic carbocycles. The van der Waals surface area contributed by atoms with Gasteiger partial charge in [0.2, 0.25) is 0 Å². The number of hydrogen-bond acceptors (Lipinski definition) is 4. The topological polar surface area (TPSA) is 47.9 Å². The highest BCUT2D eigenvalue weighted by atomic mass is 16.5. The van der Waals surface area contributed by atoms with Gasteiger partial charge in [-0.3, -0.25) is 0 Å². The molecule has 4 nitrogen and oxygen atoms in total. The molecular weight excluding hydrogens is 194 g/mol. The molecule has 88 valence electrons. The van der Waals surface area contributed by atoms with Gasteiger partial charge in [0.15, 0.2) is 0 Å². The molecule has 4 atom stereocenters. The Morgan fingerprint density at radius 1 is 1.20 bits per heavy atom. The molecule has 0 bridgehead atoms. The van der Waals surface area contributed by atoms with Crippen LogP contribution in [0.25, 0.3) is 0 Å². The predicted octanol–water partition coefficient (Wildman–Crippen LogP) is 2.36. The maximum Gasteiger partial charge on any atom is 0.123 e. The van der Waals surface area contributed by atoms with Gasteiger partial charge in [-0.1, -0.05) is 18.5 Å². The molecule has 0 N–H and O–H groups in total. The van der Waals surface area contributed by atoms with Crippen molar-refractivity contribution in [2.45, 2.75) is 51.9 Å². The minimum absolute atomic E-state index is 0.0922. The molecule has 0 saturated carbocycles. The van der Waals surface area contributed by atoms with E-state index >= 15 is 0 Å². The molecule has 0 amide bonds. The lowest BCUT2D eigenvalue weighted by Gasteiger charge is -2.33. The highest BCUT2D eigenvalue weighted by Crippen LogP contribution is 2.26. The second-order valence-electron chi connectivity index (χ2n) is 4.20. The van der Waals surface area contributed by atoms with Gasteiger partial charge in [-0.05, 0) is 20.3 Å². The molecule has 1 heterocycles. The molecule has 0 aromatic carbocycles. The van der Waals surface area contributed by atoms with Gasteiger partial charge in [-0.25, -0.2) is 0 Å². The van der Waals surface area contributed by atoms with Gasteiger partial charge in [0, 0.05) is 5.92 Å². The number of rotatable bonds is 3. The van der Waals surface area contributed by atoms with Crippen LogP contribution >= 0.6 is 0 Å². The Hall–Kier alpha value is -0.480. The first-order valence-electron chi connectivity index (χ1n) is 5.76. The van der Waals surface area contributed by atoms with Gasteiger partial charge >= 0.3 is 0 Å². The monoisotopic (exact) mass is 215 g/mol. The molecule has 4 heteroatoms. The van der Waals surface area contributed by atoms with Gasteiger partial charge in [-0.15, -0.1) is 0 Å². The largest absolute Gasteiger partial charge is 0.376 e. The van der Waals surface area contributed by atoms with E-state index in [1.807, 2.05) is 13.8 Å². The van der Waals surface area contributed by atoms with Crippen molar-refractivity contribution in [3.63, 3.8) is 0 Å². The molecule has 4 unspecified atom stereocenters. The predicted molar refractivity (Wildman–Crippen MR) is 58.8 cm³/mol. The first-order valence-corrected chi connectivity index (χ1v) is 5.76. The minimum Gasteiger partial charge on any atom is -0.376 e. The summed E-state index contributed by atoms with van der Waals surface area (Å²) < 4.78 is 11.1. The summed E-state index contributed by atoms with van der Waals surface area (Å²) in [7, 11) is 0. The molecule has 15 heavy (non-hydrogen) atoms. The fraction of sp³-hybridized carbons (Fsp3) is 1.00. The van der Waals surface area contributed by atoms with Crippen LogP contribution in [-0.2, 0) is 9.47 Å². The van der Waals surface area contributed by atoms with Crippen molar-refractivity contribution in [3.05, 3.63) is 4.91 Å². The highest BCUT2D eigenvalue weighted by Gasteiger charge is 2.34. The summed E-state index contributed by atoms with van der Waals surface area (Å²) in [5, 5.41) is 3.23. The average molecular weight is 215 g/mol. The fourth-order valence-corrected chi connectivity index (χ4v) is 2.22. The summed E-state index contributed by atoms with van der Waals surface area (Å²) >= 11 is 0. The first kappa shape index (κ1) is 12.6. The lowest BCUT2D eigenvalue weighted by atomic mass is 9.87. The van der Waals surface area contributed by atoms with Gasteiger partial charge in [0.1, 0.15) is 6.04 Å². The molecule has 0 spiro atoms. The van der Waals surface area contributed by atoms with Gasteiger partial charge in [0.25, 0.3) is 0 Å². The van der Waals surface area contributed by atoms with E-state index in [4.69, 9.17) is 9.47 Å². The van der Waals surface area contributed by atoms with Crippen LogP contribution in [0.2, 0.25) is 0 Å². The van der Waals surface area contributed by atoms with Crippen molar-refractivity contribution >= 4 is 0 Å². The van der Waals surface area contributed by atoms with Gasteiger partial charge in [-0.2, -0.15) is 4.91 Å². The second-order valence-corrected chi connectivity index (χ2v) is 4.20. The van der Waals surface area contributed by atoms with Crippen molar-refractivity contribution < 1.29 is 9.47 Å². The Kier molecular flexibility index (Phi) is 5.19. The SMILES string of the molecule is CCCC1C(C)OCCOC(C)C1N=O. The smallest absolute Gasteiger partial charge is 0.123 e. The first-order chi connectivity index (χ1) is 7.20. The highest BCUT2D eigenvalue weighted by molar-refractivity contribution is 4.86. The van der Waals surface area contributed by atoms with E-state index in [9.17, 15) is 4.91 Å². The van der Waals surface area contributed by atoms with Gasteiger partial charge in [0.05, 0.1) is 25.4 Å².